The van der Waals surface area contributed by atoms with E-state index in [0.717, 1.165) is 14.9 Å². The van der Waals surface area contributed by atoms with Crippen molar-refractivity contribution in [1.29, 1.82) is 0 Å². The van der Waals surface area contributed by atoms with Gasteiger partial charge in [-0.1, -0.05) is 0 Å². The van der Waals surface area contributed by atoms with E-state index in [2.05, 4.69) is 33.1 Å². The van der Waals surface area contributed by atoms with E-state index in [-0.39, 0.29) is 5.91 Å². The molecule has 6 nitrogen and oxygen atoms in total. The number of benzene rings is 2. The third-order valence-corrected chi connectivity index (χ3v) is 4.15. The quantitative estimate of drug-likeness (QED) is 0.363. The Morgan fingerprint density at radius 1 is 1.15 bits per heavy atom. The molecule has 0 saturated carbocycles. The number of nitrogens with zero attached hydrogens (tertiary/aromatic N) is 1. The van der Waals surface area contributed by atoms with E-state index < -0.39 is 0 Å². The van der Waals surface area contributed by atoms with Crippen LogP contribution in [0.1, 0.15) is 29.8 Å². The van der Waals surface area contributed by atoms with Crippen LogP contribution in [0.15, 0.2) is 41.5 Å². The maximum atomic E-state index is 12.1. The number of rotatable bonds is 8. The first-order chi connectivity index (χ1) is 12.6. The third-order valence-electron chi connectivity index (χ3n) is 3.35. The van der Waals surface area contributed by atoms with Crippen LogP contribution in [0.25, 0.3) is 0 Å². The molecule has 1 amide bonds. The summed E-state index contributed by atoms with van der Waals surface area (Å²) in [6.45, 7) is 4.96. The zero-order valence-electron chi connectivity index (χ0n) is 14.9. The predicted molar refractivity (Wildman–Crippen MR) is 110 cm³/mol. The molecule has 0 aliphatic carbocycles. The Balaban J connectivity index is 2.05. The van der Waals surface area contributed by atoms with E-state index in [1.807, 2.05) is 19.9 Å². The van der Waals surface area contributed by atoms with Crippen molar-refractivity contribution in [2.75, 3.05) is 20.3 Å². The van der Waals surface area contributed by atoms with Crippen LogP contribution in [0.3, 0.4) is 0 Å². The fourth-order valence-electron chi connectivity index (χ4n) is 2.20. The lowest BCUT2D eigenvalue weighted by Crippen LogP contribution is -2.17. The largest absolute Gasteiger partial charge is 0.494 e. The number of nitrogens with one attached hydrogen (secondary N) is 1. The van der Waals surface area contributed by atoms with Gasteiger partial charge < -0.3 is 14.2 Å². The summed E-state index contributed by atoms with van der Waals surface area (Å²) < 4.78 is 17.2. The molecule has 0 aromatic heterocycles. The molecule has 0 spiro atoms. The lowest BCUT2D eigenvalue weighted by atomic mass is 10.2. The van der Waals surface area contributed by atoms with Gasteiger partial charge >= 0.3 is 0 Å². The van der Waals surface area contributed by atoms with Crippen molar-refractivity contribution in [3.63, 3.8) is 0 Å². The van der Waals surface area contributed by atoms with Gasteiger partial charge in [-0.3, -0.25) is 4.79 Å². The van der Waals surface area contributed by atoms with Crippen molar-refractivity contribution < 1.29 is 19.0 Å². The Hall–Kier alpha value is -2.29. The highest BCUT2D eigenvalue weighted by atomic mass is 127. The minimum Gasteiger partial charge on any atom is -0.494 e. The van der Waals surface area contributed by atoms with Crippen molar-refractivity contribution >= 4 is 34.7 Å². The molecule has 0 aliphatic heterocycles. The normalized spacial score (nSPS) is 10.6. The molecule has 138 valence electrons. The van der Waals surface area contributed by atoms with E-state index >= 15 is 0 Å². The maximum absolute atomic E-state index is 12.1. The summed E-state index contributed by atoms with van der Waals surface area (Å²) >= 11 is 2.18. The van der Waals surface area contributed by atoms with Crippen molar-refractivity contribution in [2.24, 2.45) is 5.10 Å². The summed E-state index contributed by atoms with van der Waals surface area (Å²) in [5.41, 5.74) is 3.81. The van der Waals surface area contributed by atoms with Crippen LogP contribution in [0.2, 0.25) is 0 Å². The van der Waals surface area contributed by atoms with Gasteiger partial charge in [0.25, 0.3) is 5.91 Å². The number of methoxy groups -OCH3 is 1. The number of hydrogen-bond donors (Lipinski definition) is 1. The van der Waals surface area contributed by atoms with Crippen LogP contribution < -0.4 is 19.6 Å². The summed E-state index contributed by atoms with van der Waals surface area (Å²) in [5.74, 6) is 1.75. The summed E-state index contributed by atoms with van der Waals surface area (Å²) in [4.78, 5) is 12.1. The van der Waals surface area contributed by atoms with Crippen LogP contribution in [0.5, 0.6) is 17.2 Å². The summed E-state index contributed by atoms with van der Waals surface area (Å²) in [6, 6.07) is 10.6. The monoisotopic (exact) mass is 468 g/mol. The Labute approximate surface area is 166 Å². The fourth-order valence-corrected chi connectivity index (χ4v) is 2.98. The van der Waals surface area contributed by atoms with Crippen molar-refractivity contribution in [2.45, 2.75) is 13.8 Å². The van der Waals surface area contributed by atoms with Gasteiger partial charge in [0.15, 0.2) is 11.5 Å². The van der Waals surface area contributed by atoms with Crippen LogP contribution in [0.4, 0.5) is 0 Å². The highest BCUT2D eigenvalue weighted by molar-refractivity contribution is 14.1. The summed E-state index contributed by atoms with van der Waals surface area (Å²) in [7, 11) is 1.59. The van der Waals surface area contributed by atoms with Crippen LogP contribution >= 0.6 is 22.6 Å². The Bertz CT molecular complexity index is 776. The van der Waals surface area contributed by atoms with Gasteiger partial charge in [-0.15, -0.1) is 0 Å². The SMILES string of the molecule is CCOc1ccc(C(=O)N/N=C/c2cc(I)c(OCC)c(OC)c2)cc1. The van der Waals surface area contributed by atoms with E-state index in [4.69, 9.17) is 14.2 Å². The second kappa shape index (κ2) is 10.0. The predicted octanol–water partition coefficient (Wildman–Crippen LogP) is 3.86. The van der Waals surface area contributed by atoms with Gasteiger partial charge in [0.2, 0.25) is 0 Å². The van der Waals surface area contributed by atoms with Gasteiger partial charge in [0.1, 0.15) is 5.75 Å². The van der Waals surface area contributed by atoms with Gasteiger partial charge in [-0.05, 0) is 78.4 Å². The van der Waals surface area contributed by atoms with Gasteiger partial charge in [-0.25, -0.2) is 5.43 Å². The number of hydrazone groups is 1. The molecule has 0 radical (unpaired) electrons. The molecule has 2 rings (SSSR count). The number of ether oxygens (including phenoxy) is 3. The topological polar surface area (TPSA) is 69.2 Å². The molecule has 0 heterocycles. The molecule has 0 fully saturated rings. The standard InChI is InChI=1S/C19H21IN2O4/c1-4-25-15-8-6-14(7-9-15)19(23)22-21-12-13-10-16(20)18(26-5-2)17(11-13)24-3/h6-12H,4-5H2,1-3H3,(H,22,23)/b21-12+. The number of carbonyl (C=O) groups excluding carboxylic acids is 1. The minimum absolute atomic E-state index is 0.295. The van der Waals surface area contributed by atoms with Crippen LogP contribution in [-0.4, -0.2) is 32.4 Å². The first-order valence-electron chi connectivity index (χ1n) is 8.15. The van der Waals surface area contributed by atoms with E-state index in [0.29, 0.717) is 30.3 Å². The Morgan fingerprint density at radius 2 is 1.85 bits per heavy atom. The van der Waals surface area contributed by atoms with Crippen molar-refractivity contribution in [3.05, 3.63) is 51.1 Å². The molecular weight excluding hydrogens is 447 g/mol. The lowest BCUT2D eigenvalue weighted by Gasteiger charge is -2.12. The summed E-state index contributed by atoms with van der Waals surface area (Å²) in [5, 5.41) is 4.01. The number of carbonyl (C=O) groups is 1. The molecule has 0 atom stereocenters. The zero-order chi connectivity index (χ0) is 18.9. The fraction of sp³-hybridized carbons (Fsp3) is 0.263. The average molecular weight is 468 g/mol. The summed E-state index contributed by atoms with van der Waals surface area (Å²) in [6.07, 6.45) is 1.56. The van der Waals surface area contributed by atoms with E-state index in [1.165, 1.54) is 0 Å². The van der Waals surface area contributed by atoms with E-state index in [9.17, 15) is 4.79 Å². The molecule has 26 heavy (non-hydrogen) atoms. The molecule has 0 bridgehead atoms. The first-order valence-corrected chi connectivity index (χ1v) is 9.23. The highest BCUT2D eigenvalue weighted by Gasteiger charge is 2.10. The second-order valence-electron chi connectivity index (χ2n) is 5.12. The highest BCUT2D eigenvalue weighted by Crippen LogP contribution is 2.33. The first kappa shape index (κ1) is 20.0. The maximum Gasteiger partial charge on any atom is 0.271 e. The number of hydrogen-bond acceptors (Lipinski definition) is 5. The lowest BCUT2D eigenvalue weighted by molar-refractivity contribution is 0.0955. The van der Waals surface area contributed by atoms with Crippen molar-refractivity contribution in [1.82, 2.24) is 5.43 Å². The van der Waals surface area contributed by atoms with Crippen LogP contribution in [0, 0.1) is 3.57 Å². The molecule has 0 aliphatic rings. The van der Waals surface area contributed by atoms with Gasteiger partial charge in [-0.2, -0.15) is 5.10 Å². The Morgan fingerprint density at radius 3 is 2.46 bits per heavy atom. The average Bonchev–Trinajstić information content (AvgIpc) is 2.64. The molecular formula is C19H21IN2O4. The minimum atomic E-state index is -0.295. The number of amides is 1. The molecule has 2 aromatic carbocycles. The zero-order valence-corrected chi connectivity index (χ0v) is 17.1. The smallest absolute Gasteiger partial charge is 0.271 e. The molecule has 1 N–H and O–H groups in total. The number of halogens is 1. The molecule has 2 aromatic rings. The molecule has 0 saturated heterocycles. The second-order valence-corrected chi connectivity index (χ2v) is 6.29. The third kappa shape index (κ3) is 5.35. The molecule has 7 heteroatoms. The Kier molecular flexibility index (Phi) is 7.71. The van der Waals surface area contributed by atoms with Crippen LogP contribution in [-0.2, 0) is 0 Å². The molecule has 0 unspecified atom stereocenters. The van der Waals surface area contributed by atoms with Crippen molar-refractivity contribution in [3.8, 4) is 17.2 Å². The van der Waals surface area contributed by atoms with Gasteiger partial charge in [0, 0.05) is 5.56 Å². The van der Waals surface area contributed by atoms with E-state index in [1.54, 1.807) is 43.7 Å². The van der Waals surface area contributed by atoms with Gasteiger partial charge in [0.05, 0.1) is 30.1 Å².